The van der Waals surface area contributed by atoms with E-state index in [9.17, 15) is 4.79 Å². The molecule has 0 N–H and O–H groups in total. The van der Waals surface area contributed by atoms with Gasteiger partial charge in [0.15, 0.2) is 5.78 Å². The standard InChI is InChI=1S/C23H24O2/c1-2-3-4-10-17-25-22-16-15-21(19-13-8-9-14-20(19)22)23(24)18-11-6-5-7-12-18/h5-9,11-16H,2-4,10,17H2,1H3. The summed E-state index contributed by atoms with van der Waals surface area (Å²) < 4.78 is 6.00. The summed E-state index contributed by atoms with van der Waals surface area (Å²) in [5.41, 5.74) is 1.43. The Balaban J connectivity index is 1.87. The van der Waals surface area contributed by atoms with Gasteiger partial charge in [0.1, 0.15) is 5.75 Å². The first-order chi connectivity index (χ1) is 12.3. The molecular formula is C23H24O2. The van der Waals surface area contributed by atoms with E-state index in [1.807, 2.05) is 66.7 Å². The van der Waals surface area contributed by atoms with Crippen LogP contribution in [0, 0.1) is 0 Å². The molecule has 0 aliphatic rings. The Morgan fingerprint density at radius 3 is 2.28 bits per heavy atom. The fourth-order valence-corrected chi connectivity index (χ4v) is 3.05. The molecule has 0 radical (unpaired) electrons. The van der Waals surface area contributed by atoms with Gasteiger partial charge in [0.05, 0.1) is 6.61 Å². The van der Waals surface area contributed by atoms with Crippen molar-refractivity contribution in [3.8, 4) is 5.75 Å². The van der Waals surface area contributed by atoms with E-state index in [0.717, 1.165) is 35.1 Å². The molecular weight excluding hydrogens is 308 g/mol. The lowest BCUT2D eigenvalue weighted by molar-refractivity contribution is 0.104. The Bertz CT molecular complexity index is 837. The number of unbranched alkanes of at least 4 members (excludes halogenated alkanes) is 3. The average molecular weight is 332 g/mol. The minimum atomic E-state index is 0.0475. The molecule has 0 saturated carbocycles. The van der Waals surface area contributed by atoms with Crippen LogP contribution in [0.15, 0.2) is 66.7 Å². The Labute approximate surface area is 149 Å². The maximum absolute atomic E-state index is 12.9. The van der Waals surface area contributed by atoms with Gasteiger partial charge in [-0.1, -0.05) is 80.8 Å². The van der Waals surface area contributed by atoms with Crippen LogP contribution >= 0.6 is 0 Å². The van der Waals surface area contributed by atoms with Gasteiger partial charge in [-0.05, 0) is 23.9 Å². The molecule has 25 heavy (non-hydrogen) atoms. The second-order valence-corrected chi connectivity index (χ2v) is 6.26. The second-order valence-electron chi connectivity index (χ2n) is 6.26. The van der Waals surface area contributed by atoms with Crippen LogP contribution in [0.5, 0.6) is 5.75 Å². The van der Waals surface area contributed by atoms with E-state index in [0.29, 0.717) is 5.56 Å². The third-order valence-corrected chi connectivity index (χ3v) is 4.42. The van der Waals surface area contributed by atoms with Crippen LogP contribution in [-0.4, -0.2) is 12.4 Å². The second kappa shape index (κ2) is 8.48. The summed E-state index contributed by atoms with van der Waals surface area (Å²) >= 11 is 0. The molecule has 0 spiro atoms. The van der Waals surface area contributed by atoms with E-state index in [2.05, 4.69) is 6.92 Å². The summed E-state index contributed by atoms with van der Waals surface area (Å²) in [6, 6.07) is 21.2. The van der Waals surface area contributed by atoms with Gasteiger partial charge in [0.25, 0.3) is 0 Å². The number of hydrogen-bond acceptors (Lipinski definition) is 2. The Morgan fingerprint density at radius 1 is 0.800 bits per heavy atom. The highest BCUT2D eigenvalue weighted by Crippen LogP contribution is 2.30. The van der Waals surface area contributed by atoms with Crippen LogP contribution in [0.1, 0.15) is 48.5 Å². The van der Waals surface area contributed by atoms with Crippen molar-refractivity contribution in [3.63, 3.8) is 0 Å². The molecule has 0 bridgehead atoms. The van der Waals surface area contributed by atoms with Crippen LogP contribution in [0.25, 0.3) is 10.8 Å². The third kappa shape index (κ3) is 4.08. The van der Waals surface area contributed by atoms with Crippen molar-refractivity contribution in [2.24, 2.45) is 0 Å². The SMILES string of the molecule is CCCCCCOc1ccc(C(=O)c2ccccc2)c2ccccc12. The van der Waals surface area contributed by atoms with E-state index in [1.165, 1.54) is 19.3 Å². The van der Waals surface area contributed by atoms with Crippen molar-refractivity contribution in [1.82, 2.24) is 0 Å². The van der Waals surface area contributed by atoms with Gasteiger partial charge in [0, 0.05) is 16.5 Å². The number of fused-ring (bicyclic) bond motifs is 1. The predicted octanol–water partition coefficient (Wildman–Crippen LogP) is 6.03. The van der Waals surface area contributed by atoms with Gasteiger partial charge in [-0.2, -0.15) is 0 Å². The van der Waals surface area contributed by atoms with Gasteiger partial charge in [-0.3, -0.25) is 4.79 Å². The Hall–Kier alpha value is -2.61. The normalized spacial score (nSPS) is 10.8. The first-order valence-corrected chi connectivity index (χ1v) is 9.05. The van der Waals surface area contributed by atoms with Crippen molar-refractivity contribution in [2.45, 2.75) is 32.6 Å². The molecule has 0 aliphatic heterocycles. The van der Waals surface area contributed by atoms with Gasteiger partial charge >= 0.3 is 0 Å². The number of carbonyl (C=O) groups is 1. The molecule has 0 amide bonds. The molecule has 0 unspecified atom stereocenters. The highest BCUT2D eigenvalue weighted by atomic mass is 16.5. The van der Waals surface area contributed by atoms with E-state index >= 15 is 0 Å². The zero-order chi connectivity index (χ0) is 17.5. The van der Waals surface area contributed by atoms with Crippen molar-refractivity contribution in [2.75, 3.05) is 6.61 Å². The van der Waals surface area contributed by atoms with Crippen molar-refractivity contribution < 1.29 is 9.53 Å². The predicted molar refractivity (Wildman–Crippen MR) is 103 cm³/mol. The number of ether oxygens (including phenoxy) is 1. The lowest BCUT2D eigenvalue weighted by atomic mass is 9.97. The molecule has 2 nitrogen and oxygen atoms in total. The third-order valence-electron chi connectivity index (χ3n) is 4.42. The van der Waals surface area contributed by atoms with Crippen LogP contribution in [0.4, 0.5) is 0 Å². The Morgan fingerprint density at radius 2 is 1.52 bits per heavy atom. The van der Waals surface area contributed by atoms with Gasteiger partial charge in [0.2, 0.25) is 0 Å². The zero-order valence-electron chi connectivity index (χ0n) is 14.7. The first kappa shape index (κ1) is 17.2. The molecule has 0 atom stereocenters. The van der Waals surface area contributed by atoms with Gasteiger partial charge in [-0.25, -0.2) is 0 Å². The zero-order valence-corrected chi connectivity index (χ0v) is 14.7. The number of rotatable bonds is 8. The number of hydrogen-bond donors (Lipinski definition) is 0. The van der Waals surface area contributed by atoms with Crippen LogP contribution < -0.4 is 4.74 Å². The topological polar surface area (TPSA) is 26.3 Å². The van der Waals surface area contributed by atoms with Gasteiger partial charge in [-0.15, -0.1) is 0 Å². The molecule has 0 aromatic heterocycles. The molecule has 128 valence electrons. The molecule has 3 aromatic rings. The lowest BCUT2D eigenvalue weighted by Crippen LogP contribution is -2.03. The number of ketones is 1. The summed E-state index contributed by atoms with van der Waals surface area (Å²) in [7, 11) is 0. The van der Waals surface area contributed by atoms with E-state index in [4.69, 9.17) is 4.74 Å². The number of benzene rings is 3. The maximum atomic E-state index is 12.9. The highest BCUT2D eigenvalue weighted by Gasteiger charge is 2.14. The summed E-state index contributed by atoms with van der Waals surface area (Å²) in [6.45, 7) is 2.92. The molecule has 3 aromatic carbocycles. The lowest BCUT2D eigenvalue weighted by Gasteiger charge is -2.12. The summed E-state index contributed by atoms with van der Waals surface area (Å²) in [5, 5.41) is 1.95. The molecule has 2 heteroatoms. The first-order valence-electron chi connectivity index (χ1n) is 9.05. The van der Waals surface area contributed by atoms with Gasteiger partial charge < -0.3 is 4.74 Å². The monoisotopic (exact) mass is 332 g/mol. The maximum Gasteiger partial charge on any atom is 0.193 e. The summed E-state index contributed by atoms with van der Waals surface area (Å²) in [6.07, 6.45) is 4.72. The largest absolute Gasteiger partial charge is 0.493 e. The molecule has 0 saturated heterocycles. The summed E-state index contributed by atoms with van der Waals surface area (Å²) in [5.74, 6) is 0.906. The van der Waals surface area contributed by atoms with E-state index in [1.54, 1.807) is 0 Å². The van der Waals surface area contributed by atoms with E-state index in [-0.39, 0.29) is 5.78 Å². The molecule has 0 fully saturated rings. The Kier molecular flexibility index (Phi) is 5.84. The number of carbonyl (C=O) groups excluding carboxylic acids is 1. The van der Waals surface area contributed by atoms with Crippen LogP contribution in [0.2, 0.25) is 0 Å². The minimum Gasteiger partial charge on any atom is -0.493 e. The van der Waals surface area contributed by atoms with E-state index < -0.39 is 0 Å². The van der Waals surface area contributed by atoms with Crippen molar-refractivity contribution in [3.05, 3.63) is 77.9 Å². The quantitative estimate of drug-likeness (QED) is 0.372. The molecule has 0 aliphatic carbocycles. The van der Waals surface area contributed by atoms with Crippen LogP contribution in [0.3, 0.4) is 0 Å². The fraction of sp³-hybridized carbons (Fsp3) is 0.261. The van der Waals surface area contributed by atoms with Crippen molar-refractivity contribution >= 4 is 16.6 Å². The van der Waals surface area contributed by atoms with Crippen molar-refractivity contribution in [1.29, 1.82) is 0 Å². The summed E-state index contributed by atoms with van der Waals surface area (Å²) in [4.78, 5) is 12.9. The molecule has 3 rings (SSSR count). The highest BCUT2D eigenvalue weighted by molar-refractivity contribution is 6.17. The smallest absolute Gasteiger partial charge is 0.193 e. The van der Waals surface area contributed by atoms with Crippen LogP contribution in [-0.2, 0) is 0 Å². The average Bonchev–Trinajstić information content (AvgIpc) is 2.68. The molecule has 0 heterocycles. The minimum absolute atomic E-state index is 0.0475. The fourth-order valence-electron chi connectivity index (χ4n) is 3.05.